The van der Waals surface area contributed by atoms with Gasteiger partial charge in [-0.05, 0) is 25.9 Å². The van der Waals surface area contributed by atoms with E-state index in [1.807, 2.05) is 0 Å². The van der Waals surface area contributed by atoms with E-state index in [4.69, 9.17) is 5.73 Å². The monoisotopic (exact) mass is 215 g/mol. The highest BCUT2D eigenvalue weighted by atomic mass is 32.2. The van der Waals surface area contributed by atoms with Gasteiger partial charge in [-0.1, -0.05) is 0 Å². The second-order valence-electron chi connectivity index (χ2n) is 3.57. The van der Waals surface area contributed by atoms with Crippen LogP contribution in [0.25, 0.3) is 0 Å². The van der Waals surface area contributed by atoms with E-state index >= 15 is 0 Å². The van der Waals surface area contributed by atoms with Crippen molar-refractivity contribution in [1.82, 2.24) is 4.90 Å². The second kappa shape index (κ2) is 3.36. The molecule has 2 N–H and O–H groups in total. The molecule has 0 saturated carbocycles. The fraction of sp³-hybridized carbons (Fsp3) is 0.625. The summed E-state index contributed by atoms with van der Waals surface area (Å²) in [7, 11) is -3.44. The molecule has 2 heterocycles. The molecular formula is C8H13N3O2S. The van der Waals surface area contributed by atoms with E-state index in [0.29, 0.717) is 6.54 Å². The number of sulfonamides is 1. The molecule has 0 aromatic heterocycles. The van der Waals surface area contributed by atoms with Gasteiger partial charge in [0.1, 0.15) is 4.91 Å². The van der Waals surface area contributed by atoms with Crippen molar-refractivity contribution in [3.05, 3.63) is 10.6 Å². The average Bonchev–Trinajstić information content (AvgIpc) is 2.69. The van der Waals surface area contributed by atoms with Gasteiger partial charge in [0.15, 0.2) is 0 Å². The van der Waals surface area contributed by atoms with Crippen LogP contribution in [0.5, 0.6) is 0 Å². The Morgan fingerprint density at radius 2 is 2.07 bits per heavy atom. The van der Waals surface area contributed by atoms with Crippen LogP contribution in [0.2, 0.25) is 0 Å². The lowest BCUT2D eigenvalue weighted by Crippen LogP contribution is -2.25. The summed E-state index contributed by atoms with van der Waals surface area (Å²) in [5.74, 6) is 0. The first kappa shape index (κ1) is 9.67. The minimum atomic E-state index is -3.44. The van der Waals surface area contributed by atoms with Gasteiger partial charge in [-0.15, -0.1) is 0 Å². The molecule has 2 aliphatic rings. The maximum atomic E-state index is 11.4. The molecule has 1 saturated heterocycles. The van der Waals surface area contributed by atoms with Crippen LogP contribution in [-0.2, 0) is 10.0 Å². The summed E-state index contributed by atoms with van der Waals surface area (Å²) in [5.41, 5.74) is 5.85. The van der Waals surface area contributed by atoms with Crippen LogP contribution < -0.4 is 5.73 Å². The van der Waals surface area contributed by atoms with Gasteiger partial charge in [0.25, 0.3) is 10.0 Å². The predicted octanol–water partition coefficient (Wildman–Crippen LogP) is -0.333. The van der Waals surface area contributed by atoms with E-state index in [-0.39, 0.29) is 10.6 Å². The molecule has 6 heteroatoms. The Kier molecular flexibility index (Phi) is 2.32. The van der Waals surface area contributed by atoms with Gasteiger partial charge in [0, 0.05) is 6.54 Å². The lowest BCUT2D eigenvalue weighted by atomic mass is 10.4. The second-order valence-corrected chi connectivity index (χ2v) is 5.23. The number of rotatable bonds is 2. The quantitative estimate of drug-likeness (QED) is 0.684. The summed E-state index contributed by atoms with van der Waals surface area (Å²) in [6, 6.07) is 0. The zero-order chi connectivity index (χ0) is 10.2. The highest BCUT2D eigenvalue weighted by Gasteiger charge is 2.27. The zero-order valence-electron chi connectivity index (χ0n) is 7.81. The van der Waals surface area contributed by atoms with Crippen molar-refractivity contribution >= 4 is 16.2 Å². The highest BCUT2D eigenvalue weighted by molar-refractivity contribution is 7.94. The summed E-state index contributed by atoms with van der Waals surface area (Å²) >= 11 is 0. The molecule has 0 amide bonds. The molecule has 0 atom stereocenters. The Hall–Kier alpha value is -0.880. The SMILES string of the molecule is NC1=C(CN2CCCC2)S(=O)(=O)N=C1. The lowest BCUT2D eigenvalue weighted by Gasteiger charge is -2.14. The van der Waals surface area contributed by atoms with E-state index in [9.17, 15) is 8.42 Å². The topological polar surface area (TPSA) is 75.8 Å². The maximum absolute atomic E-state index is 11.4. The first-order chi connectivity index (χ1) is 6.59. The summed E-state index contributed by atoms with van der Waals surface area (Å²) < 4.78 is 26.2. The number of nitrogens with two attached hydrogens (primary N) is 1. The third-order valence-corrected chi connectivity index (χ3v) is 3.90. The van der Waals surface area contributed by atoms with Gasteiger partial charge in [-0.3, -0.25) is 4.90 Å². The molecular weight excluding hydrogens is 202 g/mol. The Balaban J connectivity index is 2.15. The number of allylic oxidation sites excluding steroid dienone is 1. The van der Waals surface area contributed by atoms with Crippen molar-refractivity contribution in [1.29, 1.82) is 0 Å². The summed E-state index contributed by atoms with van der Waals surface area (Å²) in [6.07, 6.45) is 3.49. The van der Waals surface area contributed by atoms with Crippen LogP contribution in [0.4, 0.5) is 0 Å². The third kappa shape index (κ3) is 1.67. The molecule has 5 nitrogen and oxygen atoms in total. The summed E-state index contributed by atoms with van der Waals surface area (Å²) in [5, 5.41) is 0. The number of hydrogen-bond donors (Lipinski definition) is 1. The van der Waals surface area contributed by atoms with Crippen LogP contribution in [0.15, 0.2) is 15.0 Å². The highest BCUT2D eigenvalue weighted by Crippen LogP contribution is 2.20. The van der Waals surface area contributed by atoms with Crippen LogP contribution in [-0.4, -0.2) is 39.2 Å². The molecule has 0 spiro atoms. The van der Waals surface area contributed by atoms with Crippen molar-refractivity contribution in [3.8, 4) is 0 Å². The minimum absolute atomic E-state index is 0.263. The Bertz CT molecular complexity index is 391. The minimum Gasteiger partial charge on any atom is -0.397 e. The van der Waals surface area contributed by atoms with Gasteiger partial charge in [0.05, 0.1) is 11.9 Å². The molecule has 0 radical (unpaired) electrons. The number of hydrogen-bond acceptors (Lipinski definition) is 4. The van der Waals surface area contributed by atoms with Gasteiger partial charge < -0.3 is 5.73 Å². The normalized spacial score (nSPS) is 26.3. The van der Waals surface area contributed by atoms with Crippen LogP contribution in [0.3, 0.4) is 0 Å². The zero-order valence-corrected chi connectivity index (χ0v) is 8.63. The molecule has 1 fully saturated rings. The van der Waals surface area contributed by atoms with Gasteiger partial charge >= 0.3 is 0 Å². The van der Waals surface area contributed by atoms with E-state index in [1.54, 1.807) is 0 Å². The van der Waals surface area contributed by atoms with Gasteiger partial charge in [-0.2, -0.15) is 12.8 Å². The first-order valence-electron chi connectivity index (χ1n) is 4.61. The molecule has 14 heavy (non-hydrogen) atoms. The average molecular weight is 215 g/mol. The summed E-state index contributed by atoms with van der Waals surface area (Å²) in [4.78, 5) is 2.36. The van der Waals surface area contributed by atoms with E-state index in [0.717, 1.165) is 25.9 Å². The third-order valence-electron chi connectivity index (χ3n) is 2.53. The molecule has 0 aliphatic carbocycles. The fourth-order valence-corrected chi connectivity index (χ4v) is 2.80. The Morgan fingerprint density at radius 3 is 2.57 bits per heavy atom. The molecule has 2 aliphatic heterocycles. The molecule has 0 bridgehead atoms. The van der Waals surface area contributed by atoms with E-state index < -0.39 is 10.0 Å². The van der Waals surface area contributed by atoms with Crippen LogP contribution in [0.1, 0.15) is 12.8 Å². The fourth-order valence-electron chi connectivity index (χ4n) is 1.73. The van der Waals surface area contributed by atoms with Crippen LogP contribution in [0, 0.1) is 0 Å². The first-order valence-corrected chi connectivity index (χ1v) is 6.05. The molecule has 2 rings (SSSR count). The van der Waals surface area contributed by atoms with Crippen molar-refractivity contribution < 1.29 is 8.42 Å². The van der Waals surface area contributed by atoms with Gasteiger partial charge in [0.2, 0.25) is 0 Å². The number of nitrogens with zero attached hydrogens (tertiary/aromatic N) is 2. The largest absolute Gasteiger partial charge is 0.397 e. The maximum Gasteiger partial charge on any atom is 0.281 e. The van der Waals surface area contributed by atoms with E-state index in [2.05, 4.69) is 9.30 Å². The van der Waals surface area contributed by atoms with Crippen molar-refractivity contribution in [2.24, 2.45) is 10.1 Å². The van der Waals surface area contributed by atoms with Crippen molar-refractivity contribution in [2.75, 3.05) is 19.6 Å². The number of likely N-dealkylation sites (tertiary alicyclic amines) is 1. The standard InChI is InChI=1S/C8H13N3O2S/c9-7-5-10-14(12,13)8(7)6-11-3-1-2-4-11/h5H,1-4,6,9H2. The van der Waals surface area contributed by atoms with Crippen molar-refractivity contribution in [3.63, 3.8) is 0 Å². The lowest BCUT2D eigenvalue weighted by molar-refractivity contribution is 0.373. The molecule has 0 aromatic rings. The Labute approximate surface area is 83.3 Å². The molecule has 78 valence electrons. The van der Waals surface area contributed by atoms with E-state index in [1.165, 1.54) is 6.21 Å². The molecule has 0 aromatic carbocycles. The van der Waals surface area contributed by atoms with Gasteiger partial charge in [-0.25, -0.2) is 0 Å². The predicted molar refractivity (Wildman–Crippen MR) is 54.3 cm³/mol. The van der Waals surface area contributed by atoms with Crippen molar-refractivity contribution in [2.45, 2.75) is 12.8 Å². The van der Waals surface area contributed by atoms with Crippen LogP contribution >= 0.6 is 0 Å². The smallest absolute Gasteiger partial charge is 0.281 e. The Morgan fingerprint density at radius 1 is 1.43 bits per heavy atom. The summed E-state index contributed by atoms with van der Waals surface area (Å²) in [6.45, 7) is 2.31. The molecule has 0 unspecified atom stereocenters.